The van der Waals surface area contributed by atoms with Gasteiger partial charge in [-0.1, -0.05) is 6.07 Å². The summed E-state index contributed by atoms with van der Waals surface area (Å²) < 4.78 is 0. The van der Waals surface area contributed by atoms with E-state index in [1.165, 1.54) is 14.6 Å². The van der Waals surface area contributed by atoms with Gasteiger partial charge < -0.3 is 15.5 Å². The number of amides is 1. The van der Waals surface area contributed by atoms with Gasteiger partial charge in [-0.3, -0.25) is 4.79 Å². The summed E-state index contributed by atoms with van der Waals surface area (Å²) in [6, 6.07) is 8.31. The van der Waals surface area contributed by atoms with Crippen molar-refractivity contribution in [2.75, 3.05) is 20.6 Å². The molecule has 7 heteroatoms. The molecule has 0 radical (unpaired) electrons. The van der Waals surface area contributed by atoms with Crippen LogP contribution in [-0.2, 0) is 17.9 Å². The van der Waals surface area contributed by atoms with Gasteiger partial charge in [-0.05, 0) is 30.5 Å². The summed E-state index contributed by atoms with van der Waals surface area (Å²) in [6.45, 7) is 3.62. The normalized spacial score (nSPS) is 11.3. The van der Waals surface area contributed by atoms with Crippen molar-refractivity contribution in [1.29, 1.82) is 0 Å². The largest absolute Gasteiger partial charge is 0.351 e. The molecule has 2 aromatic rings. The molecule has 0 fully saturated rings. The number of aryl methyl sites for hydroxylation is 1. The van der Waals surface area contributed by atoms with Gasteiger partial charge in [0.15, 0.2) is 5.96 Å². The molecule has 0 aliphatic carbocycles. The average Bonchev–Trinajstić information content (AvgIpc) is 3.17. The monoisotopic (exact) mass is 350 g/mol. The highest BCUT2D eigenvalue weighted by Gasteiger charge is 2.06. The summed E-state index contributed by atoms with van der Waals surface area (Å²) in [5, 5.41) is 8.61. The number of hydrogen-bond donors (Lipinski definition) is 2. The van der Waals surface area contributed by atoms with Crippen LogP contribution in [0.15, 0.2) is 34.6 Å². The van der Waals surface area contributed by atoms with Crippen LogP contribution < -0.4 is 10.6 Å². The molecule has 2 rings (SSSR count). The van der Waals surface area contributed by atoms with Crippen molar-refractivity contribution in [3.8, 4) is 0 Å². The van der Waals surface area contributed by atoms with Crippen LogP contribution >= 0.6 is 22.7 Å². The fourth-order valence-corrected chi connectivity index (χ4v) is 3.27. The van der Waals surface area contributed by atoms with Gasteiger partial charge in [0.2, 0.25) is 5.91 Å². The number of rotatable bonds is 6. The summed E-state index contributed by atoms with van der Waals surface area (Å²) in [5.74, 6) is 0.633. The molecule has 0 unspecified atom stereocenters. The minimum Gasteiger partial charge on any atom is -0.351 e. The smallest absolute Gasteiger partial charge is 0.243 e. The molecule has 0 bridgehead atoms. The number of carbonyl (C=O) groups is 1. The summed E-state index contributed by atoms with van der Waals surface area (Å²) in [6.07, 6.45) is 0. The summed E-state index contributed by atoms with van der Waals surface area (Å²) in [5.41, 5.74) is 0. The van der Waals surface area contributed by atoms with Crippen LogP contribution in [0.2, 0.25) is 0 Å². The lowest BCUT2D eigenvalue weighted by Gasteiger charge is -2.13. The molecule has 0 atom stereocenters. The molecule has 0 aliphatic heterocycles. The molecule has 5 nitrogen and oxygen atoms in total. The van der Waals surface area contributed by atoms with Crippen molar-refractivity contribution in [2.45, 2.75) is 20.0 Å². The number of likely N-dealkylation sites (N-methyl/N-ethyl adjacent to an activating group) is 1. The second-order valence-electron chi connectivity index (χ2n) is 5.25. The topological polar surface area (TPSA) is 56.7 Å². The summed E-state index contributed by atoms with van der Waals surface area (Å²) in [7, 11) is 3.47. The molecular weight excluding hydrogens is 328 g/mol. The first-order chi connectivity index (χ1) is 11.0. The molecule has 0 spiro atoms. The first-order valence-corrected chi connectivity index (χ1v) is 9.04. The molecule has 0 aromatic carbocycles. The third kappa shape index (κ3) is 6.03. The Kier molecular flexibility index (Phi) is 6.61. The predicted octanol–water partition coefficient (Wildman–Crippen LogP) is 2.44. The zero-order valence-corrected chi connectivity index (χ0v) is 15.3. The number of hydrogen-bond acceptors (Lipinski definition) is 4. The van der Waals surface area contributed by atoms with Gasteiger partial charge in [0.25, 0.3) is 0 Å². The Morgan fingerprint density at radius 1 is 1.17 bits per heavy atom. The van der Waals surface area contributed by atoms with Crippen LogP contribution in [0.25, 0.3) is 0 Å². The minimum atomic E-state index is -0.0193. The van der Waals surface area contributed by atoms with Crippen LogP contribution in [0.1, 0.15) is 14.6 Å². The molecule has 23 heavy (non-hydrogen) atoms. The second kappa shape index (κ2) is 8.69. The lowest BCUT2D eigenvalue weighted by molar-refractivity contribution is -0.127. The Morgan fingerprint density at radius 3 is 2.48 bits per heavy atom. The first-order valence-electron chi connectivity index (χ1n) is 7.34. The van der Waals surface area contributed by atoms with E-state index in [0.29, 0.717) is 19.0 Å². The Bertz CT molecular complexity index is 647. The maximum Gasteiger partial charge on any atom is 0.243 e. The fraction of sp³-hybridized carbons (Fsp3) is 0.375. The van der Waals surface area contributed by atoms with Crippen LogP contribution in [0, 0.1) is 6.92 Å². The van der Waals surface area contributed by atoms with E-state index in [0.717, 1.165) is 0 Å². The van der Waals surface area contributed by atoms with Crippen molar-refractivity contribution in [1.82, 2.24) is 15.5 Å². The third-order valence-electron chi connectivity index (χ3n) is 3.11. The molecule has 0 aliphatic rings. The first kappa shape index (κ1) is 17.5. The number of thiophene rings is 2. The van der Waals surface area contributed by atoms with E-state index in [9.17, 15) is 4.79 Å². The lowest BCUT2D eigenvalue weighted by Crippen LogP contribution is -2.37. The van der Waals surface area contributed by atoms with Crippen molar-refractivity contribution in [3.63, 3.8) is 0 Å². The highest BCUT2D eigenvalue weighted by Crippen LogP contribution is 2.14. The molecular formula is C16H22N4OS2. The number of guanidine groups is 1. The third-order valence-corrected chi connectivity index (χ3v) is 4.98. The zero-order valence-electron chi connectivity index (χ0n) is 13.6. The van der Waals surface area contributed by atoms with Gasteiger partial charge in [0, 0.05) is 28.7 Å². The summed E-state index contributed by atoms with van der Waals surface area (Å²) >= 11 is 3.45. The van der Waals surface area contributed by atoms with Gasteiger partial charge >= 0.3 is 0 Å². The summed E-state index contributed by atoms with van der Waals surface area (Å²) in [4.78, 5) is 21.4. The van der Waals surface area contributed by atoms with E-state index in [-0.39, 0.29) is 12.5 Å². The van der Waals surface area contributed by atoms with Crippen molar-refractivity contribution in [3.05, 3.63) is 44.3 Å². The van der Waals surface area contributed by atoms with Gasteiger partial charge in [-0.2, -0.15) is 0 Å². The van der Waals surface area contributed by atoms with Crippen molar-refractivity contribution in [2.24, 2.45) is 4.99 Å². The standard InChI is InChI=1S/C16H22N4OS2/c1-12-6-7-14(23-12)10-18-16(19-11-15(21)20(2)3)17-9-13-5-4-8-22-13/h4-8H,9-11H2,1-3H3,(H2,17,18,19). The Balaban J connectivity index is 1.94. The number of aliphatic imine (C=N–C) groups is 1. The van der Waals surface area contributed by atoms with Gasteiger partial charge in [-0.15, -0.1) is 22.7 Å². The van der Waals surface area contributed by atoms with Gasteiger partial charge in [0.05, 0.1) is 13.1 Å². The Labute approximate surface area is 145 Å². The Hall–Kier alpha value is -1.86. The molecule has 2 aromatic heterocycles. The fourth-order valence-electron chi connectivity index (χ4n) is 1.80. The van der Waals surface area contributed by atoms with Crippen LogP contribution in [-0.4, -0.2) is 37.4 Å². The second-order valence-corrected chi connectivity index (χ2v) is 7.66. The van der Waals surface area contributed by atoms with E-state index in [4.69, 9.17) is 0 Å². The van der Waals surface area contributed by atoms with E-state index < -0.39 is 0 Å². The Morgan fingerprint density at radius 2 is 1.91 bits per heavy atom. The molecule has 2 N–H and O–H groups in total. The minimum absolute atomic E-state index is 0.0193. The maximum absolute atomic E-state index is 11.7. The van der Waals surface area contributed by atoms with Gasteiger partial charge in [-0.25, -0.2) is 4.99 Å². The molecule has 0 saturated carbocycles. The molecule has 0 saturated heterocycles. The van der Waals surface area contributed by atoms with E-state index in [1.54, 1.807) is 41.7 Å². The zero-order chi connectivity index (χ0) is 16.7. The van der Waals surface area contributed by atoms with Crippen LogP contribution in [0.4, 0.5) is 0 Å². The van der Waals surface area contributed by atoms with Gasteiger partial charge in [0.1, 0.15) is 6.54 Å². The quantitative estimate of drug-likeness (QED) is 0.621. The van der Waals surface area contributed by atoms with E-state index in [1.807, 2.05) is 11.4 Å². The van der Waals surface area contributed by atoms with E-state index >= 15 is 0 Å². The molecule has 124 valence electrons. The lowest BCUT2D eigenvalue weighted by atomic mass is 10.4. The maximum atomic E-state index is 11.7. The highest BCUT2D eigenvalue weighted by atomic mass is 32.1. The highest BCUT2D eigenvalue weighted by molar-refractivity contribution is 7.11. The van der Waals surface area contributed by atoms with Crippen molar-refractivity contribution >= 4 is 34.5 Å². The van der Waals surface area contributed by atoms with Crippen molar-refractivity contribution < 1.29 is 4.79 Å². The van der Waals surface area contributed by atoms with E-state index in [2.05, 4.69) is 40.7 Å². The average molecular weight is 351 g/mol. The SMILES string of the molecule is Cc1ccc(CNC(=NCC(=O)N(C)C)NCc2cccs2)s1. The number of nitrogens with one attached hydrogen (secondary N) is 2. The molecule has 1 amide bonds. The number of carbonyl (C=O) groups excluding carboxylic acids is 1. The number of nitrogens with zero attached hydrogens (tertiary/aromatic N) is 2. The predicted molar refractivity (Wildman–Crippen MR) is 98.1 cm³/mol. The molecule has 2 heterocycles. The van der Waals surface area contributed by atoms with Crippen LogP contribution in [0.3, 0.4) is 0 Å². The van der Waals surface area contributed by atoms with Crippen LogP contribution in [0.5, 0.6) is 0 Å².